The van der Waals surface area contributed by atoms with Gasteiger partial charge >= 0.3 is 0 Å². The Balaban J connectivity index is 0.00000512. The number of carbonyl (C=O) groups excluding carboxylic acids is 1. The lowest BCUT2D eigenvalue weighted by Gasteiger charge is -2.15. The van der Waals surface area contributed by atoms with Crippen LogP contribution < -0.4 is 16.0 Å². The van der Waals surface area contributed by atoms with E-state index in [9.17, 15) is 17.6 Å². The molecule has 0 aromatic heterocycles. The Morgan fingerprint density at radius 1 is 1.03 bits per heavy atom. The van der Waals surface area contributed by atoms with E-state index in [2.05, 4.69) is 20.9 Å². The predicted molar refractivity (Wildman–Crippen MR) is 136 cm³/mol. The summed E-state index contributed by atoms with van der Waals surface area (Å²) in [7, 11) is -1.64. The molecule has 0 fully saturated rings. The van der Waals surface area contributed by atoms with Gasteiger partial charge < -0.3 is 16.0 Å². The van der Waals surface area contributed by atoms with E-state index in [0.717, 1.165) is 18.2 Å². The average Bonchev–Trinajstić information content (AvgIpc) is 2.73. The molecule has 3 N–H and O–H groups in total. The summed E-state index contributed by atoms with van der Waals surface area (Å²) < 4.78 is 37.0. The summed E-state index contributed by atoms with van der Waals surface area (Å²) in [6.45, 7) is 3.25. The van der Waals surface area contributed by atoms with Gasteiger partial charge in [0, 0.05) is 38.5 Å². The number of rotatable bonds is 9. The molecular formula is C22H30FIN4O3S. The van der Waals surface area contributed by atoms with Crippen molar-refractivity contribution in [1.82, 2.24) is 16.0 Å². The maximum atomic E-state index is 13.7. The lowest BCUT2D eigenvalue weighted by atomic mass is 10.1. The molecule has 0 unspecified atom stereocenters. The fourth-order valence-corrected chi connectivity index (χ4v) is 3.78. The molecular weight excluding hydrogens is 546 g/mol. The molecule has 0 atom stereocenters. The molecule has 2 aromatic carbocycles. The number of nitrogens with zero attached hydrogens (tertiary/aromatic N) is 1. The first-order chi connectivity index (χ1) is 14.7. The molecule has 0 bridgehead atoms. The molecule has 2 rings (SSSR count). The molecule has 0 spiro atoms. The van der Waals surface area contributed by atoms with Crippen molar-refractivity contribution in [3.05, 3.63) is 70.5 Å². The van der Waals surface area contributed by atoms with Gasteiger partial charge in [0.2, 0.25) is 0 Å². The van der Waals surface area contributed by atoms with Gasteiger partial charge in [-0.05, 0) is 47.4 Å². The van der Waals surface area contributed by atoms with Crippen molar-refractivity contribution in [2.45, 2.75) is 32.2 Å². The molecule has 0 aliphatic heterocycles. The van der Waals surface area contributed by atoms with E-state index in [-0.39, 0.29) is 42.2 Å². The first kappa shape index (κ1) is 27.8. The third-order valence-electron chi connectivity index (χ3n) is 4.44. The first-order valence-electron chi connectivity index (χ1n) is 9.98. The summed E-state index contributed by atoms with van der Waals surface area (Å²) in [6.07, 6.45) is 2.01. The van der Waals surface area contributed by atoms with Gasteiger partial charge in [-0.2, -0.15) is 0 Å². The maximum Gasteiger partial charge on any atom is 0.251 e. The van der Waals surface area contributed by atoms with Gasteiger partial charge in [-0.15, -0.1) is 24.0 Å². The number of benzene rings is 2. The van der Waals surface area contributed by atoms with Crippen molar-refractivity contribution < 1.29 is 17.6 Å². The Hall–Kier alpha value is -2.21. The summed E-state index contributed by atoms with van der Waals surface area (Å²) in [5.74, 6) is -0.246. The lowest BCUT2D eigenvalue weighted by molar-refractivity contribution is 0.0953. The van der Waals surface area contributed by atoms with Crippen LogP contribution in [0.3, 0.4) is 0 Å². The van der Waals surface area contributed by atoms with Crippen LogP contribution in [0.15, 0.2) is 47.5 Å². The highest BCUT2D eigenvalue weighted by Gasteiger charge is 2.11. The van der Waals surface area contributed by atoms with E-state index in [1.54, 1.807) is 13.1 Å². The SMILES string of the molecule is CCCNC(=O)c1cccc(CNC(=NC)NCc2cc(F)ccc2CS(C)(=O)=O)c1.I. The molecule has 10 heteroatoms. The molecule has 0 heterocycles. The van der Waals surface area contributed by atoms with Crippen molar-refractivity contribution in [2.75, 3.05) is 19.8 Å². The Kier molecular flexibility index (Phi) is 11.6. The number of halogens is 2. The number of hydrogen-bond acceptors (Lipinski definition) is 4. The lowest BCUT2D eigenvalue weighted by Crippen LogP contribution is -2.36. The number of aliphatic imine (C=N–C) groups is 1. The van der Waals surface area contributed by atoms with Crippen LogP contribution in [0.1, 0.15) is 40.4 Å². The van der Waals surface area contributed by atoms with Gasteiger partial charge in [-0.3, -0.25) is 9.79 Å². The number of hydrogen-bond donors (Lipinski definition) is 3. The quantitative estimate of drug-likeness (QED) is 0.242. The molecule has 7 nitrogen and oxygen atoms in total. The smallest absolute Gasteiger partial charge is 0.251 e. The van der Waals surface area contributed by atoms with E-state index in [0.29, 0.717) is 35.7 Å². The van der Waals surface area contributed by atoms with E-state index in [4.69, 9.17) is 0 Å². The molecule has 1 amide bonds. The van der Waals surface area contributed by atoms with Crippen LogP contribution in [0.5, 0.6) is 0 Å². The van der Waals surface area contributed by atoms with Crippen molar-refractivity contribution >= 4 is 45.7 Å². The van der Waals surface area contributed by atoms with E-state index in [1.807, 2.05) is 25.1 Å². The van der Waals surface area contributed by atoms with Gasteiger partial charge in [-0.25, -0.2) is 12.8 Å². The summed E-state index contributed by atoms with van der Waals surface area (Å²) in [5, 5.41) is 9.06. The van der Waals surface area contributed by atoms with Gasteiger partial charge in [-0.1, -0.05) is 25.1 Å². The zero-order valence-corrected chi connectivity index (χ0v) is 21.6. The molecule has 2 aromatic rings. The summed E-state index contributed by atoms with van der Waals surface area (Å²) in [5.41, 5.74) is 2.57. The number of guanidine groups is 1. The number of carbonyl (C=O) groups is 1. The topological polar surface area (TPSA) is 99.7 Å². The average molecular weight is 576 g/mol. The minimum Gasteiger partial charge on any atom is -0.352 e. The minimum absolute atomic E-state index is 0. The largest absolute Gasteiger partial charge is 0.352 e. The van der Waals surface area contributed by atoms with Crippen LogP contribution in [0.2, 0.25) is 0 Å². The molecule has 32 heavy (non-hydrogen) atoms. The van der Waals surface area contributed by atoms with Gasteiger partial charge in [0.25, 0.3) is 5.91 Å². The number of nitrogens with one attached hydrogen (secondary N) is 3. The van der Waals surface area contributed by atoms with Crippen molar-refractivity contribution in [2.24, 2.45) is 4.99 Å². The zero-order valence-electron chi connectivity index (χ0n) is 18.4. The molecule has 0 aliphatic rings. The van der Waals surface area contributed by atoms with Crippen molar-refractivity contribution in [3.63, 3.8) is 0 Å². The van der Waals surface area contributed by atoms with E-state index >= 15 is 0 Å². The van der Waals surface area contributed by atoms with Crippen LogP contribution in [0, 0.1) is 5.82 Å². The Labute approximate surface area is 206 Å². The standard InChI is InChI=1S/C22H29FN4O3S.HI/c1-4-10-25-21(28)17-7-5-6-16(11-17)13-26-22(24-2)27-14-19-12-20(23)9-8-18(19)15-31(3,29)30;/h5-9,11-12H,4,10,13-15H2,1-3H3,(H,25,28)(H2,24,26,27);1H. The highest BCUT2D eigenvalue weighted by Crippen LogP contribution is 2.14. The van der Waals surface area contributed by atoms with Crippen LogP contribution >= 0.6 is 24.0 Å². The summed E-state index contributed by atoms with van der Waals surface area (Å²) in [6, 6.07) is 11.3. The molecule has 0 aliphatic carbocycles. The number of sulfone groups is 1. The monoisotopic (exact) mass is 576 g/mol. The van der Waals surface area contributed by atoms with Crippen LogP contribution in [0.4, 0.5) is 4.39 Å². The first-order valence-corrected chi connectivity index (χ1v) is 12.0. The second-order valence-electron chi connectivity index (χ2n) is 7.22. The summed E-state index contributed by atoms with van der Waals surface area (Å²) in [4.78, 5) is 16.3. The van der Waals surface area contributed by atoms with Crippen LogP contribution in [-0.4, -0.2) is 40.1 Å². The summed E-state index contributed by atoms with van der Waals surface area (Å²) >= 11 is 0. The van der Waals surface area contributed by atoms with Gasteiger partial charge in [0.05, 0.1) is 5.75 Å². The third-order valence-corrected chi connectivity index (χ3v) is 5.28. The molecule has 176 valence electrons. The molecule has 0 saturated carbocycles. The Bertz CT molecular complexity index is 1050. The highest BCUT2D eigenvalue weighted by molar-refractivity contribution is 14.0. The van der Waals surface area contributed by atoms with Crippen molar-refractivity contribution in [1.29, 1.82) is 0 Å². The van der Waals surface area contributed by atoms with Crippen molar-refractivity contribution in [3.8, 4) is 0 Å². The fraction of sp³-hybridized carbons (Fsp3) is 0.364. The van der Waals surface area contributed by atoms with Crippen LogP contribution in [0.25, 0.3) is 0 Å². The second-order valence-corrected chi connectivity index (χ2v) is 9.36. The van der Waals surface area contributed by atoms with Gasteiger partial charge in [0.15, 0.2) is 15.8 Å². The van der Waals surface area contributed by atoms with E-state index in [1.165, 1.54) is 18.2 Å². The molecule has 0 saturated heterocycles. The van der Waals surface area contributed by atoms with Crippen LogP contribution in [-0.2, 0) is 28.7 Å². The number of amides is 1. The Morgan fingerprint density at radius 3 is 2.41 bits per heavy atom. The maximum absolute atomic E-state index is 13.7. The Morgan fingerprint density at radius 2 is 1.75 bits per heavy atom. The van der Waals surface area contributed by atoms with Gasteiger partial charge in [0.1, 0.15) is 5.82 Å². The zero-order chi connectivity index (χ0) is 22.9. The highest BCUT2D eigenvalue weighted by atomic mass is 127. The molecule has 0 radical (unpaired) electrons. The minimum atomic E-state index is -3.25. The third kappa shape index (κ3) is 9.51. The predicted octanol–water partition coefficient (Wildman–Crippen LogP) is 2.99. The fourth-order valence-electron chi connectivity index (χ4n) is 2.93. The van der Waals surface area contributed by atoms with E-state index < -0.39 is 15.7 Å². The second kappa shape index (κ2) is 13.4. The normalized spacial score (nSPS) is 11.4.